The van der Waals surface area contributed by atoms with Crippen molar-refractivity contribution in [2.45, 2.75) is 13.3 Å². The van der Waals surface area contributed by atoms with E-state index in [0.29, 0.717) is 18.1 Å². The molecule has 1 aromatic heterocycles. The number of anilines is 1. The van der Waals surface area contributed by atoms with Gasteiger partial charge in [-0.3, -0.25) is 4.79 Å². The van der Waals surface area contributed by atoms with Crippen LogP contribution >= 0.6 is 0 Å². The molecular weight excluding hydrogens is 282 g/mol. The van der Waals surface area contributed by atoms with Gasteiger partial charge in [0.05, 0.1) is 24.7 Å². The summed E-state index contributed by atoms with van der Waals surface area (Å²) < 4.78 is 27.2. The third-order valence-corrected chi connectivity index (χ3v) is 4.17. The number of rotatable bonds is 4. The number of ether oxygens (including phenoxy) is 1. The van der Waals surface area contributed by atoms with Gasteiger partial charge in [0, 0.05) is 24.9 Å². The van der Waals surface area contributed by atoms with Crippen molar-refractivity contribution in [1.82, 2.24) is 4.98 Å². The van der Waals surface area contributed by atoms with Crippen LogP contribution in [0.25, 0.3) is 0 Å². The molecule has 0 spiro atoms. The number of methoxy groups -OCH3 is 1. The van der Waals surface area contributed by atoms with Crippen LogP contribution in [0.3, 0.4) is 0 Å². The number of aryl methyl sites for hydroxylation is 1. The first-order valence-corrected chi connectivity index (χ1v) is 7.83. The van der Waals surface area contributed by atoms with E-state index in [0.717, 1.165) is 5.56 Å². The SMILES string of the molecule is COc1cc(C)c(N2CC(CS(N)(=O)=O)CC2=O)cn1. The lowest BCUT2D eigenvalue weighted by Crippen LogP contribution is -2.28. The van der Waals surface area contributed by atoms with Gasteiger partial charge in [0.2, 0.25) is 21.8 Å². The molecule has 1 aromatic rings. The van der Waals surface area contributed by atoms with Gasteiger partial charge in [-0.05, 0) is 12.5 Å². The van der Waals surface area contributed by atoms with Crippen LogP contribution in [-0.4, -0.2) is 38.7 Å². The van der Waals surface area contributed by atoms with E-state index in [2.05, 4.69) is 4.98 Å². The molecule has 0 saturated carbocycles. The Labute approximate surface area is 117 Å². The zero-order valence-electron chi connectivity index (χ0n) is 11.4. The number of nitrogens with zero attached hydrogens (tertiary/aromatic N) is 2. The molecule has 0 aromatic carbocycles. The Balaban J connectivity index is 2.20. The Morgan fingerprint density at radius 2 is 2.25 bits per heavy atom. The highest BCUT2D eigenvalue weighted by molar-refractivity contribution is 7.89. The average molecular weight is 299 g/mol. The molecule has 1 atom stereocenters. The minimum absolute atomic E-state index is 0.117. The Morgan fingerprint density at radius 3 is 2.80 bits per heavy atom. The molecule has 20 heavy (non-hydrogen) atoms. The fourth-order valence-corrected chi connectivity index (χ4v) is 3.25. The van der Waals surface area contributed by atoms with E-state index in [9.17, 15) is 13.2 Å². The molecular formula is C12H17N3O4S. The molecule has 2 rings (SSSR count). The Bertz CT molecular complexity index is 630. The number of carbonyl (C=O) groups is 1. The summed E-state index contributed by atoms with van der Waals surface area (Å²) in [7, 11) is -2.05. The molecule has 1 aliphatic rings. The minimum Gasteiger partial charge on any atom is -0.481 e. The van der Waals surface area contributed by atoms with Crippen molar-refractivity contribution in [3.05, 3.63) is 17.8 Å². The second-order valence-corrected chi connectivity index (χ2v) is 6.58. The van der Waals surface area contributed by atoms with E-state index < -0.39 is 10.0 Å². The number of hydrogen-bond donors (Lipinski definition) is 1. The summed E-state index contributed by atoms with van der Waals surface area (Å²) in [5, 5.41) is 5.03. The van der Waals surface area contributed by atoms with Gasteiger partial charge < -0.3 is 9.64 Å². The van der Waals surface area contributed by atoms with Gasteiger partial charge in [-0.25, -0.2) is 18.5 Å². The first-order valence-electron chi connectivity index (χ1n) is 6.11. The molecule has 1 saturated heterocycles. The number of nitrogens with two attached hydrogens (primary N) is 1. The normalized spacial score (nSPS) is 19.4. The van der Waals surface area contributed by atoms with E-state index in [1.165, 1.54) is 7.11 Å². The predicted octanol–water partition coefficient (Wildman–Crippen LogP) is 0.0400. The van der Waals surface area contributed by atoms with Crippen molar-refractivity contribution in [3.63, 3.8) is 0 Å². The van der Waals surface area contributed by atoms with Gasteiger partial charge in [0.25, 0.3) is 0 Å². The quantitative estimate of drug-likeness (QED) is 0.845. The number of hydrogen-bond acceptors (Lipinski definition) is 5. The van der Waals surface area contributed by atoms with Gasteiger partial charge in [-0.2, -0.15) is 0 Å². The summed E-state index contributed by atoms with van der Waals surface area (Å²) in [6.07, 6.45) is 1.74. The first-order chi connectivity index (χ1) is 9.30. The Morgan fingerprint density at radius 1 is 1.55 bits per heavy atom. The van der Waals surface area contributed by atoms with Crippen LogP contribution in [0.2, 0.25) is 0 Å². The van der Waals surface area contributed by atoms with Gasteiger partial charge in [-0.15, -0.1) is 0 Å². The highest BCUT2D eigenvalue weighted by Gasteiger charge is 2.33. The number of pyridine rings is 1. The Hall–Kier alpha value is -1.67. The molecule has 2 N–H and O–H groups in total. The standard InChI is InChI=1S/C12H17N3O4S/c1-8-3-11(19-2)14-5-10(8)15-6-9(4-12(15)16)7-20(13,17)18/h3,5,9H,4,6-7H2,1-2H3,(H2,13,17,18). The lowest BCUT2D eigenvalue weighted by atomic mass is 10.1. The molecule has 0 aliphatic carbocycles. The lowest BCUT2D eigenvalue weighted by Gasteiger charge is -2.19. The third kappa shape index (κ3) is 3.26. The van der Waals surface area contributed by atoms with Crippen molar-refractivity contribution >= 4 is 21.6 Å². The fraction of sp³-hybridized carbons (Fsp3) is 0.500. The van der Waals surface area contributed by atoms with Crippen molar-refractivity contribution in [1.29, 1.82) is 0 Å². The second kappa shape index (κ2) is 5.37. The molecule has 0 radical (unpaired) electrons. The van der Waals surface area contributed by atoms with Gasteiger partial charge >= 0.3 is 0 Å². The maximum Gasteiger partial charge on any atom is 0.227 e. The van der Waals surface area contributed by atoms with E-state index in [1.807, 2.05) is 6.92 Å². The average Bonchev–Trinajstić information content (AvgIpc) is 2.67. The van der Waals surface area contributed by atoms with Gasteiger partial charge in [0.1, 0.15) is 0 Å². The highest BCUT2D eigenvalue weighted by Crippen LogP contribution is 2.29. The lowest BCUT2D eigenvalue weighted by molar-refractivity contribution is -0.117. The molecule has 1 amide bonds. The largest absolute Gasteiger partial charge is 0.481 e. The van der Waals surface area contributed by atoms with E-state index in [-0.39, 0.29) is 24.0 Å². The monoisotopic (exact) mass is 299 g/mol. The van der Waals surface area contributed by atoms with Gasteiger partial charge in [-0.1, -0.05) is 0 Å². The van der Waals surface area contributed by atoms with Crippen LogP contribution in [0.1, 0.15) is 12.0 Å². The smallest absolute Gasteiger partial charge is 0.227 e. The summed E-state index contributed by atoms with van der Waals surface area (Å²) in [5.41, 5.74) is 1.52. The topological polar surface area (TPSA) is 103 Å². The summed E-state index contributed by atoms with van der Waals surface area (Å²) in [5.74, 6) is -0.107. The van der Waals surface area contributed by atoms with Crippen LogP contribution < -0.4 is 14.8 Å². The molecule has 110 valence electrons. The van der Waals surface area contributed by atoms with Gasteiger partial charge in [0.15, 0.2) is 0 Å². The highest BCUT2D eigenvalue weighted by atomic mass is 32.2. The van der Waals surface area contributed by atoms with Crippen LogP contribution in [0, 0.1) is 12.8 Å². The first kappa shape index (κ1) is 14.7. The molecule has 8 heteroatoms. The molecule has 1 unspecified atom stereocenters. The summed E-state index contributed by atoms with van der Waals surface area (Å²) in [6.45, 7) is 2.18. The Kier molecular flexibility index (Phi) is 3.96. The second-order valence-electron chi connectivity index (χ2n) is 4.92. The maximum atomic E-state index is 12.0. The molecule has 7 nitrogen and oxygen atoms in total. The number of amides is 1. The van der Waals surface area contributed by atoms with Crippen LogP contribution in [0.4, 0.5) is 5.69 Å². The van der Waals surface area contributed by atoms with Crippen molar-refractivity contribution in [2.75, 3.05) is 24.3 Å². The summed E-state index contributed by atoms with van der Waals surface area (Å²) in [6, 6.07) is 1.73. The molecule has 2 heterocycles. The molecule has 1 aliphatic heterocycles. The molecule has 1 fully saturated rings. The van der Waals surface area contributed by atoms with Crippen molar-refractivity contribution < 1.29 is 17.9 Å². The van der Waals surface area contributed by atoms with Crippen LogP contribution in [-0.2, 0) is 14.8 Å². The fourth-order valence-electron chi connectivity index (χ4n) is 2.37. The molecule has 0 bridgehead atoms. The zero-order chi connectivity index (χ0) is 14.9. The van der Waals surface area contributed by atoms with E-state index in [4.69, 9.17) is 9.88 Å². The van der Waals surface area contributed by atoms with Crippen molar-refractivity contribution in [2.24, 2.45) is 11.1 Å². The summed E-state index contributed by atoms with van der Waals surface area (Å²) >= 11 is 0. The number of aromatic nitrogens is 1. The predicted molar refractivity (Wildman–Crippen MR) is 74.0 cm³/mol. The summed E-state index contributed by atoms with van der Waals surface area (Å²) in [4.78, 5) is 17.6. The van der Waals surface area contributed by atoms with E-state index >= 15 is 0 Å². The number of primary sulfonamides is 1. The third-order valence-electron chi connectivity index (χ3n) is 3.23. The maximum absolute atomic E-state index is 12.0. The zero-order valence-corrected chi connectivity index (χ0v) is 12.2. The van der Waals surface area contributed by atoms with Crippen molar-refractivity contribution in [3.8, 4) is 5.88 Å². The van der Waals surface area contributed by atoms with Crippen LogP contribution in [0.15, 0.2) is 12.3 Å². The minimum atomic E-state index is -3.57. The number of carbonyl (C=O) groups excluding carboxylic acids is 1. The van der Waals surface area contributed by atoms with Crippen LogP contribution in [0.5, 0.6) is 5.88 Å². The van der Waals surface area contributed by atoms with E-state index in [1.54, 1.807) is 17.2 Å². The number of sulfonamides is 1.